The lowest BCUT2D eigenvalue weighted by molar-refractivity contribution is 0.284. The smallest absolute Gasteiger partial charge is 0.213 e. The van der Waals surface area contributed by atoms with Gasteiger partial charge in [-0.2, -0.15) is 0 Å². The third-order valence-corrected chi connectivity index (χ3v) is 4.71. The normalized spacial score (nSPS) is 10.6. The SMILES string of the molecule is COc1cc(CNCCOc2ccccn2)ccc1OCc1ccc(Cl)cc1Cl. The van der Waals surface area contributed by atoms with Gasteiger partial charge in [0.1, 0.15) is 13.2 Å². The van der Waals surface area contributed by atoms with Crippen molar-refractivity contribution in [2.45, 2.75) is 13.2 Å². The van der Waals surface area contributed by atoms with Crippen LogP contribution in [0.2, 0.25) is 10.0 Å². The second kappa shape index (κ2) is 10.9. The number of benzene rings is 2. The van der Waals surface area contributed by atoms with E-state index in [1.165, 1.54) is 0 Å². The highest BCUT2D eigenvalue weighted by molar-refractivity contribution is 6.35. The van der Waals surface area contributed by atoms with E-state index >= 15 is 0 Å². The third kappa shape index (κ3) is 6.53. The van der Waals surface area contributed by atoms with Gasteiger partial charge in [0.15, 0.2) is 11.5 Å². The fourth-order valence-electron chi connectivity index (χ4n) is 2.63. The van der Waals surface area contributed by atoms with Crippen LogP contribution in [0.1, 0.15) is 11.1 Å². The van der Waals surface area contributed by atoms with Crippen LogP contribution in [-0.4, -0.2) is 25.2 Å². The highest BCUT2D eigenvalue weighted by Crippen LogP contribution is 2.30. The van der Waals surface area contributed by atoms with E-state index in [-0.39, 0.29) is 0 Å². The molecule has 0 aliphatic carbocycles. The van der Waals surface area contributed by atoms with Crippen LogP contribution < -0.4 is 19.5 Å². The molecule has 152 valence electrons. The highest BCUT2D eigenvalue weighted by atomic mass is 35.5. The fraction of sp³-hybridized carbons (Fsp3) is 0.227. The van der Waals surface area contributed by atoms with Crippen molar-refractivity contribution in [2.75, 3.05) is 20.3 Å². The average Bonchev–Trinajstić information content (AvgIpc) is 2.74. The fourth-order valence-corrected chi connectivity index (χ4v) is 3.09. The molecule has 0 bridgehead atoms. The van der Waals surface area contributed by atoms with E-state index in [9.17, 15) is 0 Å². The van der Waals surface area contributed by atoms with Gasteiger partial charge in [0, 0.05) is 41.0 Å². The lowest BCUT2D eigenvalue weighted by atomic mass is 10.2. The molecule has 0 atom stereocenters. The molecule has 0 unspecified atom stereocenters. The van der Waals surface area contributed by atoms with Gasteiger partial charge in [0.25, 0.3) is 0 Å². The van der Waals surface area contributed by atoms with Crippen molar-refractivity contribution in [1.29, 1.82) is 0 Å². The summed E-state index contributed by atoms with van der Waals surface area (Å²) < 4.78 is 16.9. The number of pyridine rings is 1. The molecule has 29 heavy (non-hydrogen) atoms. The van der Waals surface area contributed by atoms with E-state index in [0.717, 1.165) is 11.1 Å². The number of rotatable bonds is 10. The standard InChI is InChI=1S/C22H22Cl2N2O3/c1-27-21-12-16(14-25-10-11-28-22-4-2-3-9-26-22)5-8-20(21)29-15-17-6-7-18(23)13-19(17)24/h2-9,12-13,25H,10-11,14-15H2,1H3. The maximum atomic E-state index is 6.20. The molecule has 0 amide bonds. The molecule has 3 aromatic rings. The first-order chi connectivity index (χ1) is 14.2. The number of methoxy groups -OCH3 is 1. The van der Waals surface area contributed by atoms with E-state index < -0.39 is 0 Å². The molecule has 0 radical (unpaired) electrons. The first-order valence-corrected chi connectivity index (χ1v) is 9.89. The number of nitrogens with zero attached hydrogens (tertiary/aromatic N) is 1. The summed E-state index contributed by atoms with van der Waals surface area (Å²) in [6, 6.07) is 16.8. The molecule has 7 heteroatoms. The Bertz CT molecular complexity index is 923. The Morgan fingerprint density at radius 2 is 1.86 bits per heavy atom. The van der Waals surface area contributed by atoms with Crippen molar-refractivity contribution in [2.24, 2.45) is 0 Å². The van der Waals surface area contributed by atoms with Crippen LogP contribution in [-0.2, 0) is 13.2 Å². The summed E-state index contributed by atoms with van der Waals surface area (Å²) in [5, 5.41) is 4.50. The van der Waals surface area contributed by atoms with Gasteiger partial charge in [0.05, 0.1) is 7.11 Å². The number of halogens is 2. The zero-order chi connectivity index (χ0) is 20.5. The van der Waals surface area contributed by atoms with Crippen LogP contribution in [0.15, 0.2) is 60.8 Å². The van der Waals surface area contributed by atoms with Crippen LogP contribution in [0.5, 0.6) is 17.4 Å². The van der Waals surface area contributed by atoms with Crippen LogP contribution in [0.25, 0.3) is 0 Å². The Morgan fingerprint density at radius 1 is 0.966 bits per heavy atom. The average molecular weight is 433 g/mol. The molecule has 3 rings (SSSR count). The Hall–Kier alpha value is -2.47. The molecule has 0 spiro atoms. The molecular formula is C22H22Cl2N2O3. The minimum absolute atomic E-state index is 0.328. The topological polar surface area (TPSA) is 52.6 Å². The molecule has 1 N–H and O–H groups in total. The van der Waals surface area contributed by atoms with E-state index in [1.54, 1.807) is 25.4 Å². The summed E-state index contributed by atoms with van der Waals surface area (Å²) in [7, 11) is 1.62. The van der Waals surface area contributed by atoms with E-state index in [4.69, 9.17) is 37.4 Å². The second-order valence-electron chi connectivity index (χ2n) is 6.20. The Labute approximate surface area is 180 Å². The van der Waals surface area contributed by atoms with E-state index in [0.29, 0.717) is 53.7 Å². The summed E-state index contributed by atoms with van der Waals surface area (Å²) in [5.41, 5.74) is 1.94. The minimum Gasteiger partial charge on any atom is -0.493 e. The lowest BCUT2D eigenvalue weighted by Gasteiger charge is -2.13. The molecule has 1 heterocycles. The van der Waals surface area contributed by atoms with Crippen LogP contribution in [0, 0.1) is 0 Å². The molecule has 1 aromatic heterocycles. The lowest BCUT2D eigenvalue weighted by Crippen LogP contribution is -2.20. The van der Waals surface area contributed by atoms with Crippen molar-refractivity contribution in [3.63, 3.8) is 0 Å². The van der Waals surface area contributed by atoms with Gasteiger partial charge in [-0.3, -0.25) is 0 Å². The molecule has 0 aliphatic rings. The number of nitrogens with one attached hydrogen (secondary N) is 1. The number of hydrogen-bond acceptors (Lipinski definition) is 5. The molecular weight excluding hydrogens is 411 g/mol. The Morgan fingerprint density at radius 3 is 2.62 bits per heavy atom. The van der Waals surface area contributed by atoms with Crippen molar-refractivity contribution in [1.82, 2.24) is 10.3 Å². The second-order valence-corrected chi connectivity index (χ2v) is 7.05. The molecule has 0 fully saturated rings. The van der Waals surface area contributed by atoms with Gasteiger partial charge in [-0.25, -0.2) is 4.98 Å². The number of hydrogen-bond donors (Lipinski definition) is 1. The van der Waals surface area contributed by atoms with Gasteiger partial charge in [-0.1, -0.05) is 41.4 Å². The van der Waals surface area contributed by atoms with Gasteiger partial charge in [-0.05, 0) is 35.9 Å². The quantitative estimate of drug-likeness (QED) is 0.449. The number of ether oxygens (including phenoxy) is 3. The van der Waals surface area contributed by atoms with Crippen LogP contribution in [0.3, 0.4) is 0 Å². The minimum atomic E-state index is 0.328. The number of aromatic nitrogens is 1. The van der Waals surface area contributed by atoms with Crippen LogP contribution >= 0.6 is 23.2 Å². The zero-order valence-corrected chi connectivity index (χ0v) is 17.5. The molecule has 0 saturated carbocycles. The molecule has 0 aliphatic heterocycles. The van der Waals surface area contributed by atoms with Crippen molar-refractivity contribution < 1.29 is 14.2 Å². The molecule has 2 aromatic carbocycles. The van der Waals surface area contributed by atoms with Gasteiger partial charge >= 0.3 is 0 Å². The maximum Gasteiger partial charge on any atom is 0.213 e. The summed E-state index contributed by atoms with van der Waals surface area (Å²) in [6.45, 7) is 2.25. The molecule has 0 saturated heterocycles. The summed E-state index contributed by atoms with van der Waals surface area (Å²) in [5.74, 6) is 1.94. The van der Waals surface area contributed by atoms with Crippen molar-refractivity contribution in [3.05, 3.63) is 82.0 Å². The highest BCUT2D eigenvalue weighted by Gasteiger charge is 2.08. The van der Waals surface area contributed by atoms with Crippen molar-refractivity contribution in [3.8, 4) is 17.4 Å². The zero-order valence-electron chi connectivity index (χ0n) is 16.0. The van der Waals surface area contributed by atoms with Gasteiger partial charge < -0.3 is 19.5 Å². The van der Waals surface area contributed by atoms with Gasteiger partial charge in [-0.15, -0.1) is 0 Å². The maximum absolute atomic E-state index is 6.20. The monoisotopic (exact) mass is 432 g/mol. The summed E-state index contributed by atoms with van der Waals surface area (Å²) >= 11 is 12.1. The Kier molecular flexibility index (Phi) is 7.99. The van der Waals surface area contributed by atoms with Crippen LogP contribution in [0.4, 0.5) is 0 Å². The predicted octanol–water partition coefficient (Wildman–Crippen LogP) is 5.14. The Balaban J connectivity index is 1.49. The van der Waals surface area contributed by atoms with Crippen molar-refractivity contribution >= 4 is 23.2 Å². The summed E-state index contributed by atoms with van der Waals surface area (Å²) in [4.78, 5) is 4.12. The third-order valence-electron chi connectivity index (χ3n) is 4.12. The van der Waals surface area contributed by atoms with E-state index in [1.807, 2.05) is 42.5 Å². The molecule has 5 nitrogen and oxygen atoms in total. The van der Waals surface area contributed by atoms with Gasteiger partial charge in [0.2, 0.25) is 5.88 Å². The largest absolute Gasteiger partial charge is 0.493 e. The first-order valence-electron chi connectivity index (χ1n) is 9.14. The summed E-state index contributed by atoms with van der Waals surface area (Å²) in [6.07, 6.45) is 1.71. The first kappa shape index (κ1) is 21.2. The predicted molar refractivity (Wildman–Crippen MR) is 115 cm³/mol. The van der Waals surface area contributed by atoms with E-state index in [2.05, 4.69) is 10.3 Å².